The molecule has 3 rings (SSSR count). The summed E-state index contributed by atoms with van der Waals surface area (Å²) in [5, 5.41) is 2.56. The number of carbonyl (C=O) groups excluding carboxylic acids is 1. The first kappa shape index (κ1) is 13.4. The molecule has 5 heteroatoms. The Morgan fingerprint density at radius 1 is 1.14 bits per heavy atom. The lowest BCUT2D eigenvalue weighted by molar-refractivity contribution is -0.116. The van der Waals surface area contributed by atoms with Crippen molar-refractivity contribution in [1.29, 1.82) is 0 Å². The maximum absolute atomic E-state index is 13.4. The zero-order valence-electron chi connectivity index (χ0n) is 11.3. The first-order chi connectivity index (χ1) is 10.2. The van der Waals surface area contributed by atoms with E-state index in [0.29, 0.717) is 17.9 Å². The molecule has 1 amide bonds. The molecule has 1 aliphatic heterocycles. The molecule has 0 saturated heterocycles. The van der Waals surface area contributed by atoms with Crippen LogP contribution < -0.4 is 14.8 Å². The minimum absolute atomic E-state index is 0.195. The third kappa shape index (κ3) is 2.97. The van der Waals surface area contributed by atoms with Gasteiger partial charge in [0, 0.05) is 6.42 Å². The standard InChI is InChI=1S/C16H14FNO3/c17-12-5-1-2-6-13(12)18-15(19)9-8-11-4-3-7-14-16(11)21-10-20-14/h1-7H,8-10H2,(H,18,19). The topological polar surface area (TPSA) is 47.6 Å². The molecular formula is C16H14FNO3. The summed E-state index contributed by atoms with van der Waals surface area (Å²) in [6, 6.07) is 11.7. The van der Waals surface area contributed by atoms with Crippen molar-refractivity contribution in [3.8, 4) is 11.5 Å². The van der Waals surface area contributed by atoms with Crippen LogP contribution in [0.3, 0.4) is 0 Å². The molecule has 0 bridgehead atoms. The predicted molar refractivity (Wildman–Crippen MR) is 75.9 cm³/mol. The largest absolute Gasteiger partial charge is 0.454 e. The summed E-state index contributed by atoms with van der Waals surface area (Å²) in [7, 11) is 0. The molecule has 4 nitrogen and oxygen atoms in total. The normalized spacial score (nSPS) is 12.2. The van der Waals surface area contributed by atoms with Crippen molar-refractivity contribution in [3.05, 3.63) is 53.8 Å². The molecule has 0 radical (unpaired) electrons. The van der Waals surface area contributed by atoms with E-state index in [1.807, 2.05) is 18.2 Å². The summed E-state index contributed by atoms with van der Waals surface area (Å²) in [5.41, 5.74) is 1.11. The SMILES string of the molecule is O=C(CCc1cccc2c1OCO2)Nc1ccccc1F. The number of halogens is 1. The fourth-order valence-corrected chi connectivity index (χ4v) is 2.21. The van der Waals surface area contributed by atoms with Gasteiger partial charge >= 0.3 is 0 Å². The van der Waals surface area contributed by atoms with Crippen molar-refractivity contribution in [2.45, 2.75) is 12.8 Å². The van der Waals surface area contributed by atoms with E-state index in [2.05, 4.69) is 5.32 Å². The molecule has 1 heterocycles. The molecule has 0 fully saturated rings. The number of nitrogens with one attached hydrogen (secondary N) is 1. The smallest absolute Gasteiger partial charge is 0.231 e. The van der Waals surface area contributed by atoms with Crippen LogP contribution in [0.15, 0.2) is 42.5 Å². The van der Waals surface area contributed by atoms with Crippen molar-refractivity contribution >= 4 is 11.6 Å². The molecule has 0 saturated carbocycles. The number of anilines is 1. The Labute approximate surface area is 121 Å². The van der Waals surface area contributed by atoms with E-state index < -0.39 is 5.82 Å². The van der Waals surface area contributed by atoms with Gasteiger partial charge in [0.25, 0.3) is 0 Å². The van der Waals surface area contributed by atoms with Crippen LogP contribution in [0.1, 0.15) is 12.0 Å². The van der Waals surface area contributed by atoms with Crippen LogP contribution in [-0.2, 0) is 11.2 Å². The van der Waals surface area contributed by atoms with E-state index in [1.165, 1.54) is 12.1 Å². The third-order valence-corrected chi connectivity index (χ3v) is 3.25. The van der Waals surface area contributed by atoms with Crippen LogP contribution in [0.2, 0.25) is 0 Å². The van der Waals surface area contributed by atoms with E-state index in [9.17, 15) is 9.18 Å². The number of fused-ring (bicyclic) bond motifs is 1. The summed E-state index contributed by atoms with van der Waals surface area (Å²) < 4.78 is 24.1. The maximum atomic E-state index is 13.4. The molecule has 0 unspecified atom stereocenters. The summed E-state index contributed by atoms with van der Waals surface area (Å²) in [4.78, 5) is 11.9. The van der Waals surface area contributed by atoms with Gasteiger partial charge in [-0.15, -0.1) is 0 Å². The molecule has 0 atom stereocenters. The Kier molecular flexibility index (Phi) is 3.73. The molecule has 2 aromatic carbocycles. The van der Waals surface area contributed by atoms with Gasteiger partial charge in [0.1, 0.15) is 5.82 Å². The number of amides is 1. The van der Waals surface area contributed by atoms with Gasteiger partial charge in [0.2, 0.25) is 12.7 Å². The molecular weight excluding hydrogens is 273 g/mol. The highest BCUT2D eigenvalue weighted by Crippen LogP contribution is 2.35. The van der Waals surface area contributed by atoms with E-state index in [4.69, 9.17) is 9.47 Å². The zero-order valence-corrected chi connectivity index (χ0v) is 11.3. The number of para-hydroxylation sites is 2. The highest BCUT2D eigenvalue weighted by Gasteiger charge is 2.17. The van der Waals surface area contributed by atoms with Gasteiger partial charge < -0.3 is 14.8 Å². The van der Waals surface area contributed by atoms with Crippen molar-refractivity contribution in [2.75, 3.05) is 12.1 Å². The quantitative estimate of drug-likeness (QED) is 0.939. The molecule has 0 aromatic heterocycles. The Morgan fingerprint density at radius 2 is 2.00 bits per heavy atom. The number of hydrogen-bond donors (Lipinski definition) is 1. The molecule has 0 aliphatic carbocycles. The third-order valence-electron chi connectivity index (χ3n) is 3.25. The fraction of sp³-hybridized carbons (Fsp3) is 0.188. The summed E-state index contributed by atoms with van der Waals surface area (Å²) in [6.45, 7) is 0.202. The van der Waals surface area contributed by atoms with Gasteiger partial charge in [-0.05, 0) is 30.2 Å². The predicted octanol–water partition coefficient (Wildman–Crippen LogP) is 3.13. The summed E-state index contributed by atoms with van der Waals surface area (Å²) in [5.74, 6) is 0.706. The van der Waals surface area contributed by atoms with Crippen LogP contribution in [0, 0.1) is 5.82 Å². The van der Waals surface area contributed by atoms with Crippen LogP contribution in [0.25, 0.3) is 0 Å². The fourth-order valence-electron chi connectivity index (χ4n) is 2.21. The van der Waals surface area contributed by atoms with E-state index >= 15 is 0 Å². The zero-order chi connectivity index (χ0) is 14.7. The first-order valence-corrected chi connectivity index (χ1v) is 6.66. The van der Waals surface area contributed by atoms with Crippen LogP contribution in [0.5, 0.6) is 11.5 Å². The Morgan fingerprint density at radius 3 is 2.86 bits per heavy atom. The lowest BCUT2D eigenvalue weighted by Gasteiger charge is -2.07. The maximum Gasteiger partial charge on any atom is 0.231 e. The number of rotatable bonds is 4. The molecule has 108 valence electrons. The summed E-state index contributed by atoms with van der Waals surface area (Å²) in [6.07, 6.45) is 0.751. The van der Waals surface area contributed by atoms with E-state index in [1.54, 1.807) is 12.1 Å². The lowest BCUT2D eigenvalue weighted by atomic mass is 10.1. The van der Waals surface area contributed by atoms with Gasteiger partial charge in [0.05, 0.1) is 5.69 Å². The van der Waals surface area contributed by atoms with Crippen molar-refractivity contribution in [3.63, 3.8) is 0 Å². The van der Waals surface area contributed by atoms with Crippen molar-refractivity contribution in [1.82, 2.24) is 0 Å². The van der Waals surface area contributed by atoms with Crippen LogP contribution in [0.4, 0.5) is 10.1 Å². The monoisotopic (exact) mass is 287 g/mol. The van der Waals surface area contributed by atoms with Gasteiger partial charge in [-0.2, -0.15) is 0 Å². The highest BCUT2D eigenvalue weighted by atomic mass is 19.1. The van der Waals surface area contributed by atoms with E-state index in [-0.39, 0.29) is 24.8 Å². The Balaban J connectivity index is 1.62. The first-order valence-electron chi connectivity index (χ1n) is 6.66. The average molecular weight is 287 g/mol. The molecule has 2 aromatic rings. The number of aryl methyl sites for hydroxylation is 1. The van der Waals surface area contributed by atoms with Crippen molar-refractivity contribution < 1.29 is 18.7 Å². The highest BCUT2D eigenvalue weighted by molar-refractivity contribution is 5.91. The van der Waals surface area contributed by atoms with Gasteiger partial charge in [0.15, 0.2) is 11.5 Å². The number of benzene rings is 2. The van der Waals surface area contributed by atoms with Crippen molar-refractivity contribution in [2.24, 2.45) is 0 Å². The van der Waals surface area contributed by atoms with Crippen LogP contribution in [-0.4, -0.2) is 12.7 Å². The van der Waals surface area contributed by atoms with Gasteiger partial charge in [-0.25, -0.2) is 4.39 Å². The lowest BCUT2D eigenvalue weighted by Crippen LogP contribution is -2.13. The minimum atomic E-state index is -0.441. The number of ether oxygens (including phenoxy) is 2. The molecule has 0 spiro atoms. The Hall–Kier alpha value is -2.56. The average Bonchev–Trinajstić information content (AvgIpc) is 2.96. The van der Waals surface area contributed by atoms with Gasteiger partial charge in [-0.3, -0.25) is 4.79 Å². The molecule has 1 N–H and O–H groups in total. The van der Waals surface area contributed by atoms with E-state index in [0.717, 1.165) is 5.56 Å². The minimum Gasteiger partial charge on any atom is -0.454 e. The second-order valence-corrected chi connectivity index (χ2v) is 4.68. The molecule has 1 aliphatic rings. The van der Waals surface area contributed by atoms with Gasteiger partial charge in [-0.1, -0.05) is 24.3 Å². The number of carbonyl (C=O) groups is 1. The second-order valence-electron chi connectivity index (χ2n) is 4.68. The van der Waals surface area contributed by atoms with Crippen LogP contribution >= 0.6 is 0 Å². The Bertz CT molecular complexity index is 672. The number of hydrogen-bond acceptors (Lipinski definition) is 3. The molecule has 21 heavy (non-hydrogen) atoms. The summed E-state index contributed by atoms with van der Waals surface area (Å²) >= 11 is 0. The second kappa shape index (κ2) is 5.83.